The topological polar surface area (TPSA) is 76.5 Å². The fourth-order valence-electron chi connectivity index (χ4n) is 3.57. The third kappa shape index (κ3) is 4.74. The summed E-state index contributed by atoms with van der Waals surface area (Å²) in [6, 6.07) is 7.29. The monoisotopic (exact) mass is 396 g/mol. The molecule has 0 radical (unpaired) electrons. The number of carbonyl (C=O) groups is 2. The Kier molecular flexibility index (Phi) is 6.82. The van der Waals surface area contributed by atoms with Crippen molar-refractivity contribution in [2.24, 2.45) is 0 Å². The van der Waals surface area contributed by atoms with Crippen LogP contribution in [-0.2, 0) is 20.9 Å². The number of nitrogens with one attached hydrogen (secondary N) is 1. The van der Waals surface area contributed by atoms with Crippen LogP contribution in [0.3, 0.4) is 0 Å². The van der Waals surface area contributed by atoms with E-state index in [0.29, 0.717) is 25.5 Å². The molecule has 7 nitrogen and oxygen atoms in total. The van der Waals surface area contributed by atoms with Gasteiger partial charge in [-0.15, -0.1) is 13.2 Å². The largest absolute Gasteiger partial charge is 0.368 e. The Balaban J connectivity index is 1.86. The standard InChI is InChI=1S/C22H28N4O3/c1-4-12-25(13-5-2)20(27)15-26-18-10-7-6-9-17(18)24-21(26)16(3)23-22(28)19-11-8-14-29-19/h4-7,9-10,16,19H,1-2,8,11-15H2,3H3,(H,23,28). The maximum absolute atomic E-state index is 12.9. The van der Waals surface area contributed by atoms with Crippen LogP contribution in [0.1, 0.15) is 31.6 Å². The molecule has 1 fully saturated rings. The number of para-hydroxylation sites is 2. The number of aromatic nitrogens is 2. The van der Waals surface area contributed by atoms with Gasteiger partial charge in [-0.2, -0.15) is 0 Å². The van der Waals surface area contributed by atoms with Crippen LogP contribution in [0.5, 0.6) is 0 Å². The molecule has 1 aliphatic heterocycles. The van der Waals surface area contributed by atoms with E-state index < -0.39 is 6.10 Å². The fourth-order valence-corrected chi connectivity index (χ4v) is 3.57. The Hall–Kier alpha value is -2.93. The minimum atomic E-state index is -0.410. The highest BCUT2D eigenvalue weighted by atomic mass is 16.5. The van der Waals surface area contributed by atoms with E-state index in [1.165, 1.54) is 0 Å². The molecule has 2 amide bonds. The van der Waals surface area contributed by atoms with Crippen molar-refractivity contribution in [1.82, 2.24) is 19.8 Å². The average Bonchev–Trinajstić information content (AvgIpc) is 3.36. The molecule has 2 unspecified atom stereocenters. The smallest absolute Gasteiger partial charge is 0.249 e. The van der Waals surface area contributed by atoms with Crippen molar-refractivity contribution < 1.29 is 14.3 Å². The summed E-state index contributed by atoms with van der Waals surface area (Å²) < 4.78 is 7.34. The third-order valence-corrected chi connectivity index (χ3v) is 5.00. The third-order valence-electron chi connectivity index (χ3n) is 5.00. The van der Waals surface area contributed by atoms with Crippen molar-refractivity contribution in [2.45, 2.75) is 38.5 Å². The summed E-state index contributed by atoms with van der Waals surface area (Å²) in [6.07, 6.45) is 4.60. The predicted octanol–water partition coefficient (Wildman–Crippen LogP) is 2.59. The first-order valence-electron chi connectivity index (χ1n) is 9.91. The Morgan fingerprint density at radius 1 is 1.34 bits per heavy atom. The van der Waals surface area contributed by atoms with Crippen LogP contribution >= 0.6 is 0 Å². The highest BCUT2D eigenvalue weighted by molar-refractivity contribution is 5.83. The van der Waals surface area contributed by atoms with Crippen molar-refractivity contribution in [1.29, 1.82) is 0 Å². The molecule has 7 heteroatoms. The lowest BCUT2D eigenvalue weighted by Crippen LogP contribution is -2.38. The molecule has 3 rings (SSSR count). The molecular weight excluding hydrogens is 368 g/mol. The number of benzene rings is 1. The van der Waals surface area contributed by atoms with E-state index in [9.17, 15) is 9.59 Å². The molecule has 0 saturated carbocycles. The lowest BCUT2D eigenvalue weighted by molar-refractivity contribution is -0.131. The number of hydrogen-bond donors (Lipinski definition) is 1. The number of nitrogens with zero attached hydrogens (tertiary/aromatic N) is 3. The number of carbonyl (C=O) groups excluding carboxylic acids is 2. The highest BCUT2D eigenvalue weighted by Gasteiger charge is 2.27. The average molecular weight is 396 g/mol. The van der Waals surface area contributed by atoms with E-state index in [1.807, 2.05) is 35.8 Å². The van der Waals surface area contributed by atoms with Gasteiger partial charge in [0.05, 0.1) is 17.1 Å². The van der Waals surface area contributed by atoms with Gasteiger partial charge in [-0.3, -0.25) is 9.59 Å². The van der Waals surface area contributed by atoms with E-state index in [1.54, 1.807) is 17.1 Å². The Labute approximate surface area is 171 Å². The van der Waals surface area contributed by atoms with Crippen LogP contribution in [0.2, 0.25) is 0 Å². The summed E-state index contributed by atoms with van der Waals surface area (Å²) in [5.74, 6) is 0.440. The lowest BCUT2D eigenvalue weighted by atomic mass is 10.2. The van der Waals surface area contributed by atoms with Gasteiger partial charge in [0.15, 0.2) is 0 Å². The van der Waals surface area contributed by atoms with Gasteiger partial charge in [-0.1, -0.05) is 24.3 Å². The zero-order chi connectivity index (χ0) is 20.8. The second-order valence-corrected chi connectivity index (χ2v) is 7.15. The lowest BCUT2D eigenvalue weighted by Gasteiger charge is -2.22. The van der Waals surface area contributed by atoms with Crippen LogP contribution in [0.15, 0.2) is 49.6 Å². The number of imidazole rings is 1. The van der Waals surface area contributed by atoms with Crippen molar-refractivity contribution in [2.75, 3.05) is 19.7 Å². The van der Waals surface area contributed by atoms with Crippen molar-refractivity contribution in [3.8, 4) is 0 Å². The van der Waals surface area contributed by atoms with E-state index in [-0.39, 0.29) is 24.4 Å². The van der Waals surface area contributed by atoms with Crippen molar-refractivity contribution in [3.63, 3.8) is 0 Å². The molecule has 1 aliphatic rings. The number of rotatable bonds is 9. The zero-order valence-electron chi connectivity index (χ0n) is 16.8. The van der Waals surface area contributed by atoms with Crippen LogP contribution < -0.4 is 5.32 Å². The molecule has 2 aromatic rings. The van der Waals surface area contributed by atoms with E-state index in [4.69, 9.17) is 9.72 Å². The molecule has 1 saturated heterocycles. The van der Waals surface area contributed by atoms with Gasteiger partial charge in [0.1, 0.15) is 18.5 Å². The first-order chi connectivity index (χ1) is 14.0. The summed E-state index contributed by atoms with van der Waals surface area (Å²) in [4.78, 5) is 31.8. The fraction of sp³-hybridized carbons (Fsp3) is 0.409. The van der Waals surface area contributed by atoms with Gasteiger partial charge >= 0.3 is 0 Å². The number of amides is 2. The molecule has 1 aromatic carbocycles. The van der Waals surface area contributed by atoms with Gasteiger partial charge in [0.25, 0.3) is 0 Å². The summed E-state index contributed by atoms with van der Waals surface area (Å²) in [5, 5.41) is 2.99. The highest BCUT2D eigenvalue weighted by Crippen LogP contribution is 2.22. The van der Waals surface area contributed by atoms with E-state index in [0.717, 1.165) is 23.9 Å². The minimum Gasteiger partial charge on any atom is -0.368 e. The Bertz CT molecular complexity index is 889. The van der Waals surface area contributed by atoms with Gasteiger partial charge in [0, 0.05) is 19.7 Å². The summed E-state index contributed by atoms with van der Waals surface area (Å²) in [5.41, 5.74) is 1.64. The maximum Gasteiger partial charge on any atom is 0.249 e. The van der Waals surface area contributed by atoms with Crippen LogP contribution in [-0.4, -0.2) is 52.1 Å². The Morgan fingerprint density at radius 3 is 2.72 bits per heavy atom. The number of fused-ring (bicyclic) bond motifs is 1. The second-order valence-electron chi connectivity index (χ2n) is 7.15. The number of ether oxygens (including phenoxy) is 1. The molecule has 0 bridgehead atoms. The number of hydrogen-bond acceptors (Lipinski definition) is 4. The van der Waals surface area contributed by atoms with E-state index in [2.05, 4.69) is 18.5 Å². The van der Waals surface area contributed by atoms with Gasteiger partial charge in [-0.05, 0) is 31.9 Å². The molecule has 0 aliphatic carbocycles. The van der Waals surface area contributed by atoms with Gasteiger partial charge in [-0.25, -0.2) is 4.98 Å². The Morgan fingerprint density at radius 2 is 2.07 bits per heavy atom. The van der Waals surface area contributed by atoms with Gasteiger partial charge in [0.2, 0.25) is 11.8 Å². The minimum absolute atomic E-state index is 0.0631. The predicted molar refractivity (Wildman–Crippen MR) is 112 cm³/mol. The first kappa shape index (κ1) is 20.8. The molecule has 29 heavy (non-hydrogen) atoms. The second kappa shape index (κ2) is 9.52. The van der Waals surface area contributed by atoms with Crippen molar-refractivity contribution >= 4 is 22.8 Å². The van der Waals surface area contributed by atoms with Crippen molar-refractivity contribution in [3.05, 3.63) is 55.4 Å². The molecule has 2 atom stereocenters. The quantitative estimate of drug-likeness (QED) is 0.661. The van der Waals surface area contributed by atoms with Gasteiger partial charge < -0.3 is 19.5 Å². The summed E-state index contributed by atoms with van der Waals surface area (Å²) in [6.45, 7) is 10.9. The molecular formula is C22H28N4O3. The summed E-state index contributed by atoms with van der Waals surface area (Å²) >= 11 is 0. The summed E-state index contributed by atoms with van der Waals surface area (Å²) in [7, 11) is 0. The van der Waals surface area contributed by atoms with Crippen LogP contribution in [0.4, 0.5) is 0 Å². The SMILES string of the molecule is C=CCN(CC=C)C(=O)Cn1c(C(C)NC(=O)C2CCCO2)nc2ccccc21. The first-order valence-corrected chi connectivity index (χ1v) is 9.91. The zero-order valence-corrected chi connectivity index (χ0v) is 16.8. The van der Waals surface area contributed by atoms with E-state index >= 15 is 0 Å². The molecule has 1 aromatic heterocycles. The van der Waals surface area contributed by atoms with Crippen LogP contribution in [0, 0.1) is 0 Å². The molecule has 154 valence electrons. The molecule has 2 heterocycles. The van der Waals surface area contributed by atoms with Crippen LogP contribution in [0.25, 0.3) is 11.0 Å². The maximum atomic E-state index is 12.9. The molecule has 0 spiro atoms. The molecule has 1 N–H and O–H groups in total. The normalized spacial score (nSPS) is 17.1.